The number of alkyl halides is 3. The van der Waals surface area contributed by atoms with Gasteiger partial charge in [0.1, 0.15) is 11.6 Å². The summed E-state index contributed by atoms with van der Waals surface area (Å²) in [6.45, 7) is 0. The third-order valence-electron chi connectivity index (χ3n) is 3.53. The summed E-state index contributed by atoms with van der Waals surface area (Å²) in [5.74, 6) is -1.09. The molecule has 0 saturated heterocycles. The standard InChI is InChI=1S/C16H11F4N3O/c1-23-8-12(15(24)22-14-5-3-10(17)7-21-14)11-6-9(16(18,19)20)2-4-13(11)23/h2-8H,1H3,(H,21,22,24). The first-order chi connectivity index (χ1) is 11.3. The zero-order valence-corrected chi connectivity index (χ0v) is 12.4. The van der Waals surface area contributed by atoms with Crippen LogP contribution in [-0.4, -0.2) is 15.5 Å². The van der Waals surface area contributed by atoms with Gasteiger partial charge in [-0.1, -0.05) is 0 Å². The van der Waals surface area contributed by atoms with Crippen molar-refractivity contribution in [3.63, 3.8) is 0 Å². The molecule has 4 nitrogen and oxygen atoms in total. The molecule has 0 bridgehead atoms. The SMILES string of the molecule is Cn1cc(C(=O)Nc2ccc(F)cn2)c2cc(C(F)(F)F)ccc21. The van der Waals surface area contributed by atoms with Gasteiger partial charge in [-0.05, 0) is 30.3 Å². The highest BCUT2D eigenvalue weighted by atomic mass is 19.4. The van der Waals surface area contributed by atoms with E-state index in [9.17, 15) is 22.4 Å². The minimum Gasteiger partial charge on any atom is -0.350 e. The number of anilines is 1. The number of nitrogens with one attached hydrogen (secondary N) is 1. The molecule has 1 amide bonds. The Morgan fingerprint density at radius 1 is 1.21 bits per heavy atom. The first kappa shape index (κ1) is 16.0. The number of hydrogen-bond acceptors (Lipinski definition) is 2. The van der Waals surface area contributed by atoms with E-state index in [0.717, 1.165) is 24.4 Å². The van der Waals surface area contributed by atoms with Crippen molar-refractivity contribution in [1.29, 1.82) is 0 Å². The van der Waals surface area contributed by atoms with E-state index in [1.807, 2.05) is 0 Å². The molecular weight excluding hydrogens is 326 g/mol. The van der Waals surface area contributed by atoms with Crippen LogP contribution in [0.5, 0.6) is 0 Å². The van der Waals surface area contributed by atoms with Crippen molar-refractivity contribution in [3.8, 4) is 0 Å². The van der Waals surface area contributed by atoms with Crippen molar-refractivity contribution < 1.29 is 22.4 Å². The molecule has 2 heterocycles. The normalized spacial score (nSPS) is 11.7. The second-order valence-electron chi connectivity index (χ2n) is 5.20. The van der Waals surface area contributed by atoms with E-state index in [4.69, 9.17) is 0 Å². The Morgan fingerprint density at radius 2 is 1.96 bits per heavy atom. The van der Waals surface area contributed by atoms with E-state index in [2.05, 4.69) is 10.3 Å². The zero-order valence-electron chi connectivity index (χ0n) is 12.4. The maximum atomic E-state index is 12.9. The summed E-state index contributed by atoms with van der Waals surface area (Å²) in [6.07, 6.45) is -2.14. The molecular formula is C16H11F4N3O. The van der Waals surface area contributed by atoms with Gasteiger partial charge in [0, 0.05) is 24.1 Å². The van der Waals surface area contributed by atoms with Gasteiger partial charge in [-0.25, -0.2) is 9.37 Å². The molecule has 0 saturated carbocycles. The number of aromatic nitrogens is 2. The van der Waals surface area contributed by atoms with Crippen molar-refractivity contribution in [2.45, 2.75) is 6.18 Å². The summed E-state index contributed by atoms with van der Waals surface area (Å²) in [5.41, 5.74) is -0.278. The summed E-state index contributed by atoms with van der Waals surface area (Å²) >= 11 is 0. The average Bonchev–Trinajstić information content (AvgIpc) is 2.85. The summed E-state index contributed by atoms with van der Waals surface area (Å²) in [5, 5.41) is 2.61. The third-order valence-corrected chi connectivity index (χ3v) is 3.53. The molecule has 1 N–H and O–H groups in total. The molecule has 0 aliphatic carbocycles. The first-order valence-electron chi connectivity index (χ1n) is 6.85. The number of pyridine rings is 1. The first-order valence-corrected chi connectivity index (χ1v) is 6.85. The molecule has 2 aromatic heterocycles. The van der Waals surface area contributed by atoms with Crippen molar-refractivity contribution >= 4 is 22.6 Å². The average molecular weight is 337 g/mol. The van der Waals surface area contributed by atoms with Crippen molar-refractivity contribution in [3.05, 3.63) is 59.7 Å². The fraction of sp³-hybridized carbons (Fsp3) is 0.125. The molecule has 0 radical (unpaired) electrons. The minimum absolute atomic E-state index is 0.0738. The molecule has 8 heteroatoms. The predicted molar refractivity (Wildman–Crippen MR) is 80.1 cm³/mol. The van der Waals surface area contributed by atoms with Crippen molar-refractivity contribution in [2.75, 3.05) is 5.32 Å². The van der Waals surface area contributed by atoms with Crippen LogP contribution in [0.2, 0.25) is 0 Å². The number of aryl methyl sites for hydroxylation is 1. The Hall–Kier alpha value is -2.90. The minimum atomic E-state index is -4.50. The summed E-state index contributed by atoms with van der Waals surface area (Å²) in [7, 11) is 1.63. The van der Waals surface area contributed by atoms with Crippen molar-refractivity contribution in [1.82, 2.24) is 9.55 Å². The number of fused-ring (bicyclic) bond motifs is 1. The van der Waals surface area contributed by atoms with E-state index >= 15 is 0 Å². The highest BCUT2D eigenvalue weighted by Gasteiger charge is 2.31. The monoisotopic (exact) mass is 337 g/mol. The number of halogens is 4. The van der Waals surface area contributed by atoms with Gasteiger partial charge in [0.15, 0.2) is 0 Å². The predicted octanol–water partition coefficient (Wildman–Crippen LogP) is 3.98. The van der Waals surface area contributed by atoms with Gasteiger partial charge in [-0.15, -0.1) is 0 Å². The Labute approximate surface area is 133 Å². The molecule has 0 atom stereocenters. The van der Waals surface area contributed by atoms with Crippen LogP contribution in [-0.2, 0) is 13.2 Å². The second-order valence-corrected chi connectivity index (χ2v) is 5.20. The smallest absolute Gasteiger partial charge is 0.350 e. The molecule has 0 aliphatic heterocycles. The summed E-state index contributed by atoms with van der Waals surface area (Å²) in [4.78, 5) is 16.0. The Morgan fingerprint density at radius 3 is 2.58 bits per heavy atom. The van der Waals surface area contributed by atoms with Crippen molar-refractivity contribution in [2.24, 2.45) is 7.05 Å². The number of nitrogens with zero attached hydrogens (tertiary/aromatic N) is 2. The zero-order chi connectivity index (χ0) is 17.5. The second kappa shape index (κ2) is 5.63. The highest BCUT2D eigenvalue weighted by Crippen LogP contribution is 2.33. The topological polar surface area (TPSA) is 46.9 Å². The summed E-state index contributed by atoms with van der Waals surface area (Å²) in [6, 6.07) is 5.59. The lowest BCUT2D eigenvalue weighted by Crippen LogP contribution is -2.13. The van der Waals surface area contributed by atoms with Crippen LogP contribution < -0.4 is 5.32 Å². The van der Waals surface area contributed by atoms with Gasteiger partial charge >= 0.3 is 6.18 Å². The molecule has 3 rings (SSSR count). The van der Waals surface area contributed by atoms with E-state index < -0.39 is 23.5 Å². The molecule has 124 valence electrons. The Balaban J connectivity index is 2.01. The lowest BCUT2D eigenvalue weighted by molar-refractivity contribution is -0.137. The van der Waals surface area contributed by atoms with Crippen LogP contribution in [0.25, 0.3) is 10.9 Å². The lowest BCUT2D eigenvalue weighted by atomic mass is 10.1. The number of amides is 1. The quantitative estimate of drug-likeness (QED) is 0.719. The number of hydrogen-bond donors (Lipinski definition) is 1. The van der Waals surface area contributed by atoms with Crippen LogP contribution >= 0.6 is 0 Å². The molecule has 3 aromatic rings. The third kappa shape index (κ3) is 2.94. The van der Waals surface area contributed by atoms with Gasteiger partial charge < -0.3 is 9.88 Å². The Bertz CT molecular complexity index is 913. The highest BCUT2D eigenvalue weighted by molar-refractivity contribution is 6.12. The Kier molecular flexibility index (Phi) is 3.75. The molecule has 0 aliphatic rings. The number of benzene rings is 1. The maximum Gasteiger partial charge on any atom is 0.416 e. The van der Waals surface area contributed by atoms with Gasteiger partial charge in [-0.2, -0.15) is 13.2 Å². The van der Waals surface area contributed by atoms with E-state index in [-0.39, 0.29) is 16.8 Å². The van der Waals surface area contributed by atoms with Gasteiger partial charge in [0.25, 0.3) is 5.91 Å². The maximum absolute atomic E-state index is 12.9. The van der Waals surface area contributed by atoms with Crippen LogP contribution in [0.4, 0.5) is 23.4 Å². The largest absolute Gasteiger partial charge is 0.416 e. The fourth-order valence-electron chi connectivity index (χ4n) is 2.38. The molecule has 1 aromatic carbocycles. The van der Waals surface area contributed by atoms with E-state index in [1.54, 1.807) is 11.6 Å². The van der Waals surface area contributed by atoms with E-state index in [1.165, 1.54) is 18.3 Å². The fourth-order valence-corrected chi connectivity index (χ4v) is 2.38. The molecule has 24 heavy (non-hydrogen) atoms. The van der Waals surface area contributed by atoms with Crippen LogP contribution in [0, 0.1) is 5.82 Å². The van der Waals surface area contributed by atoms with Crippen LogP contribution in [0.15, 0.2) is 42.7 Å². The lowest BCUT2D eigenvalue weighted by Gasteiger charge is -2.07. The number of rotatable bonds is 2. The molecule has 0 spiro atoms. The van der Waals surface area contributed by atoms with E-state index in [0.29, 0.717) is 5.52 Å². The summed E-state index contributed by atoms with van der Waals surface area (Å²) < 4.78 is 53.0. The molecule has 0 unspecified atom stereocenters. The van der Waals surface area contributed by atoms with Gasteiger partial charge in [-0.3, -0.25) is 4.79 Å². The van der Waals surface area contributed by atoms with Gasteiger partial charge in [0.2, 0.25) is 0 Å². The van der Waals surface area contributed by atoms with Crippen LogP contribution in [0.1, 0.15) is 15.9 Å². The van der Waals surface area contributed by atoms with Crippen LogP contribution in [0.3, 0.4) is 0 Å². The number of carbonyl (C=O) groups is 1. The number of carbonyl (C=O) groups excluding carboxylic acids is 1. The van der Waals surface area contributed by atoms with Gasteiger partial charge in [0.05, 0.1) is 17.3 Å². The molecule has 0 fully saturated rings.